The molecule has 0 spiro atoms. The van der Waals surface area contributed by atoms with E-state index in [1.165, 1.54) is 22.4 Å². The number of ether oxygens (including phenoxy) is 1. The number of hydrogen-bond acceptors (Lipinski definition) is 3. The molecule has 0 fully saturated rings. The van der Waals surface area contributed by atoms with Gasteiger partial charge in [0, 0.05) is 28.4 Å². The summed E-state index contributed by atoms with van der Waals surface area (Å²) in [6.45, 7) is 2.61. The number of anilines is 1. The van der Waals surface area contributed by atoms with E-state index >= 15 is 0 Å². The molecule has 1 heterocycles. The molecule has 0 aromatic heterocycles. The van der Waals surface area contributed by atoms with Crippen LogP contribution in [0.4, 0.5) is 11.4 Å². The van der Waals surface area contributed by atoms with Crippen LogP contribution in [0.15, 0.2) is 120 Å². The van der Waals surface area contributed by atoms with Crippen molar-refractivity contribution >= 4 is 40.0 Å². The van der Waals surface area contributed by atoms with Gasteiger partial charge in [0.05, 0.1) is 11.7 Å². The third-order valence-corrected chi connectivity index (χ3v) is 8.56. The first-order valence-electron chi connectivity index (χ1n) is 14.2. The van der Waals surface area contributed by atoms with Crippen LogP contribution in [0.2, 0.25) is 5.02 Å². The standard InChI is InChI=1S/C37H31ClN2O/c1-24-12-18-35-33(20-24)31-10-5-11-32(31)37(40-35)27-13-16-29(17-14-27)39-22-34-30-9-3-2-7-26(30)15-19-36(34)41-23-25-6-4-8-28(38)21-25/h2-10,12-22,31-32,37,40H,11,23H2,1H3/t31-,32-,37+/m1/s1. The van der Waals surface area contributed by atoms with Gasteiger partial charge in [-0.3, -0.25) is 4.99 Å². The number of rotatable bonds is 6. The molecule has 5 aromatic rings. The minimum absolute atomic E-state index is 0.271. The first-order chi connectivity index (χ1) is 20.1. The van der Waals surface area contributed by atoms with Crippen molar-refractivity contribution < 1.29 is 4.74 Å². The van der Waals surface area contributed by atoms with Crippen LogP contribution in [-0.2, 0) is 6.61 Å². The smallest absolute Gasteiger partial charge is 0.129 e. The van der Waals surface area contributed by atoms with Crippen LogP contribution >= 0.6 is 11.6 Å². The zero-order valence-electron chi connectivity index (χ0n) is 22.9. The summed E-state index contributed by atoms with van der Waals surface area (Å²) in [5, 5.41) is 6.81. The third-order valence-electron chi connectivity index (χ3n) is 8.33. The fraction of sp³-hybridized carbons (Fsp3) is 0.162. The number of hydrogen-bond donors (Lipinski definition) is 1. The van der Waals surface area contributed by atoms with E-state index in [4.69, 9.17) is 21.3 Å². The van der Waals surface area contributed by atoms with Crippen molar-refractivity contribution in [1.29, 1.82) is 0 Å². The van der Waals surface area contributed by atoms with Gasteiger partial charge >= 0.3 is 0 Å². The number of benzene rings is 5. The Balaban J connectivity index is 1.15. The van der Waals surface area contributed by atoms with Crippen molar-refractivity contribution in [1.82, 2.24) is 0 Å². The van der Waals surface area contributed by atoms with Gasteiger partial charge in [0.2, 0.25) is 0 Å². The summed E-state index contributed by atoms with van der Waals surface area (Å²) >= 11 is 6.18. The maximum absolute atomic E-state index is 6.29. The number of aliphatic imine (C=N–C) groups is 1. The van der Waals surface area contributed by atoms with Crippen molar-refractivity contribution in [2.75, 3.05) is 5.32 Å². The van der Waals surface area contributed by atoms with Crippen LogP contribution < -0.4 is 10.1 Å². The Bertz CT molecular complexity index is 1790. The van der Waals surface area contributed by atoms with Gasteiger partial charge in [-0.25, -0.2) is 0 Å². The summed E-state index contributed by atoms with van der Waals surface area (Å²) in [5.41, 5.74) is 8.18. The predicted octanol–water partition coefficient (Wildman–Crippen LogP) is 9.96. The lowest BCUT2D eigenvalue weighted by Crippen LogP contribution is -2.29. The number of aryl methyl sites for hydroxylation is 1. The number of allylic oxidation sites excluding steroid dienone is 2. The highest BCUT2D eigenvalue weighted by Gasteiger charge is 2.37. The molecule has 202 valence electrons. The first-order valence-corrected chi connectivity index (χ1v) is 14.6. The fourth-order valence-electron chi connectivity index (χ4n) is 6.27. The zero-order chi connectivity index (χ0) is 27.8. The minimum atomic E-state index is 0.271. The van der Waals surface area contributed by atoms with Crippen molar-refractivity contribution in [3.8, 4) is 5.75 Å². The van der Waals surface area contributed by atoms with Gasteiger partial charge < -0.3 is 10.1 Å². The Morgan fingerprint density at radius 1 is 0.927 bits per heavy atom. The van der Waals surface area contributed by atoms with Gasteiger partial charge in [0.1, 0.15) is 12.4 Å². The van der Waals surface area contributed by atoms with Crippen LogP contribution in [0.1, 0.15) is 46.2 Å². The summed E-state index contributed by atoms with van der Waals surface area (Å²) in [6, 6.07) is 35.9. The van der Waals surface area contributed by atoms with Crippen molar-refractivity contribution in [3.63, 3.8) is 0 Å². The predicted molar refractivity (Wildman–Crippen MR) is 171 cm³/mol. The molecule has 0 saturated heterocycles. The number of nitrogens with zero attached hydrogens (tertiary/aromatic N) is 1. The molecule has 3 atom stereocenters. The highest BCUT2D eigenvalue weighted by atomic mass is 35.5. The van der Waals surface area contributed by atoms with Gasteiger partial charge in [-0.15, -0.1) is 0 Å². The summed E-state index contributed by atoms with van der Waals surface area (Å²) in [6.07, 6.45) is 7.76. The Morgan fingerprint density at radius 3 is 2.68 bits per heavy atom. The van der Waals surface area contributed by atoms with Crippen molar-refractivity contribution in [2.45, 2.75) is 31.9 Å². The molecule has 2 aliphatic rings. The summed E-state index contributed by atoms with van der Waals surface area (Å²) in [4.78, 5) is 4.90. The molecule has 5 aromatic carbocycles. The molecule has 3 nitrogen and oxygen atoms in total. The maximum atomic E-state index is 6.29. The second-order valence-electron chi connectivity index (χ2n) is 11.0. The molecule has 0 saturated carbocycles. The molecule has 0 unspecified atom stereocenters. The average molecular weight is 555 g/mol. The normalized spacial score (nSPS) is 19.2. The monoisotopic (exact) mass is 554 g/mol. The molecule has 7 rings (SSSR count). The largest absolute Gasteiger partial charge is 0.488 e. The number of nitrogens with one attached hydrogen (secondary N) is 1. The molecule has 1 N–H and O–H groups in total. The van der Waals surface area contributed by atoms with Crippen LogP contribution in [-0.4, -0.2) is 6.21 Å². The zero-order valence-corrected chi connectivity index (χ0v) is 23.7. The molecule has 41 heavy (non-hydrogen) atoms. The molecule has 0 amide bonds. The van der Waals surface area contributed by atoms with Gasteiger partial charge in [-0.05, 0) is 83.1 Å². The Labute approximate surface area is 246 Å². The van der Waals surface area contributed by atoms with E-state index in [0.29, 0.717) is 23.5 Å². The minimum Gasteiger partial charge on any atom is -0.488 e. The summed E-state index contributed by atoms with van der Waals surface area (Å²) < 4.78 is 6.29. The quantitative estimate of drug-likeness (QED) is 0.167. The topological polar surface area (TPSA) is 33.6 Å². The van der Waals surface area contributed by atoms with E-state index in [9.17, 15) is 0 Å². The van der Waals surface area contributed by atoms with E-state index in [1.54, 1.807) is 0 Å². The summed E-state index contributed by atoms with van der Waals surface area (Å²) in [5.74, 6) is 1.78. The summed E-state index contributed by atoms with van der Waals surface area (Å²) in [7, 11) is 0. The molecular formula is C37H31ClN2O. The average Bonchev–Trinajstić information content (AvgIpc) is 3.50. The number of halogens is 1. The molecule has 4 heteroatoms. The van der Waals surface area contributed by atoms with E-state index in [-0.39, 0.29) is 6.04 Å². The van der Waals surface area contributed by atoms with Gasteiger partial charge in [-0.1, -0.05) is 96.0 Å². The van der Waals surface area contributed by atoms with Gasteiger partial charge in [0.25, 0.3) is 0 Å². The highest BCUT2D eigenvalue weighted by Crippen LogP contribution is 2.50. The first kappa shape index (κ1) is 25.6. The molecule has 1 aliphatic carbocycles. The third kappa shape index (κ3) is 5.14. The Kier molecular flexibility index (Phi) is 6.82. The van der Waals surface area contributed by atoms with Crippen molar-refractivity contribution in [3.05, 3.63) is 148 Å². The van der Waals surface area contributed by atoms with E-state index < -0.39 is 0 Å². The fourth-order valence-corrected chi connectivity index (χ4v) is 6.49. The molecule has 1 aliphatic heterocycles. The van der Waals surface area contributed by atoms with E-state index in [1.807, 2.05) is 36.5 Å². The van der Waals surface area contributed by atoms with Crippen LogP contribution in [0.5, 0.6) is 5.75 Å². The number of fused-ring (bicyclic) bond motifs is 4. The van der Waals surface area contributed by atoms with Crippen molar-refractivity contribution in [2.24, 2.45) is 10.9 Å². The molecular weight excluding hydrogens is 524 g/mol. The lowest BCUT2D eigenvalue weighted by molar-refractivity contribution is 0.306. The SMILES string of the molecule is Cc1ccc2c(c1)[C@@H]1C=CC[C@H]1[C@H](c1ccc(N=Cc3c(OCc4cccc(Cl)c4)ccc4ccccc34)cc1)N2. The highest BCUT2D eigenvalue weighted by molar-refractivity contribution is 6.30. The molecule has 0 bridgehead atoms. The lowest BCUT2D eigenvalue weighted by atomic mass is 9.76. The van der Waals surface area contributed by atoms with Crippen LogP contribution in [0.25, 0.3) is 10.8 Å². The Hall–Kier alpha value is -4.34. The molecule has 0 radical (unpaired) electrons. The van der Waals surface area contributed by atoms with Gasteiger partial charge in [0.15, 0.2) is 0 Å². The second kappa shape index (κ2) is 10.9. The van der Waals surface area contributed by atoms with Crippen LogP contribution in [0, 0.1) is 12.8 Å². The lowest BCUT2D eigenvalue weighted by Gasteiger charge is -2.37. The van der Waals surface area contributed by atoms with E-state index in [2.05, 4.69) is 97.2 Å². The van der Waals surface area contributed by atoms with E-state index in [0.717, 1.165) is 39.8 Å². The maximum Gasteiger partial charge on any atom is 0.129 e. The second-order valence-corrected chi connectivity index (χ2v) is 11.5. The van der Waals surface area contributed by atoms with Gasteiger partial charge in [-0.2, -0.15) is 0 Å². The van der Waals surface area contributed by atoms with Crippen LogP contribution in [0.3, 0.4) is 0 Å². The Morgan fingerprint density at radius 2 is 1.80 bits per heavy atom.